The number of carbonyl (C=O) groups excluding carboxylic acids is 3. The molecule has 0 bridgehead atoms. The summed E-state index contributed by atoms with van der Waals surface area (Å²) in [4.78, 5) is 47.9. The molecule has 0 aliphatic heterocycles. The molecule has 0 saturated carbocycles. The van der Waals surface area contributed by atoms with Gasteiger partial charge in [-0.15, -0.1) is 0 Å². The number of nitrogens with one attached hydrogen (secondary N) is 2. The summed E-state index contributed by atoms with van der Waals surface area (Å²) in [7, 11) is 0. The van der Waals surface area contributed by atoms with E-state index >= 15 is 0 Å². The molecule has 158 valence electrons. The van der Waals surface area contributed by atoms with Crippen LogP contribution in [0.4, 0.5) is 11.4 Å². The van der Waals surface area contributed by atoms with Crippen molar-refractivity contribution in [2.24, 2.45) is 0 Å². The van der Waals surface area contributed by atoms with E-state index in [2.05, 4.69) is 29.0 Å². The SMILES string of the molecule is [NH3+][C@@H](CS)C(=O)Nc1ccc(NC(=O)CCCC(=O)O)c(C(=O)c2ccccc2)c1. The number of rotatable bonds is 10. The van der Waals surface area contributed by atoms with E-state index in [0.29, 0.717) is 11.3 Å². The Morgan fingerprint density at radius 3 is 2.33 bits per heavy atom. The Morgan fingerprint density at radius 1 is 1.00 bits per heavy atom. The first-order valence-electron chi connectivity index (χ1n) is 9.32. The van der Waals surface area contributed by atoms with Crippen molar-refractivity contribution < 1.29 is 30.0 Å². The Kier molecular flexibility index (Phi) is 8.57. The predicted molar refractivity (Wildman–Crippen MR) is 116 cm³/mol. The smallest absolute Gasteiger partial charge is 0.303 e. The molecule has 0 aliphatic carbocycles. The number of carbonyl (C=O) groups is 4. The molecular weight excluding hydrogens is 406 g/mol. The lowest BCUT2D eigenvalue weighted by atomic mass is 10.0. The van der Waals surface area contributed by atoms with Crippen molar-refractivity contribution in [3.05, 3.63) is 59.7 Å². The van der Waals surface area contributed by atoms with Crippen LogP contribution >= 0.6 is 12.6 Å². The minimum Gasteiger partial charge on any atom is -0.481 e. The number of quaternary nitrogens is 1. The van der Waals surface area contributed by atoms with Gasteiger partial charge in [-0.25, -0.2) is 0 Å². The van der Waals surface area contributed by atoms with Crippen molar-refractivity contribution in [3.63, 3.8) is 0 Å². The molecule has 6 N–H and O–H groups in total. The number of aliphatic carboxylic acids is 1. The van der Waals surface area contributed by atoms with Gasteiger partial charge < -0.3 is 21.5 Å². The lowest BCUT2D eigenvalue weighted by Gasteiger charge is -2.14. The van der Waals surface area contributed by atoms with Gasteiger partial charge >= 0.3 is 5.97 Å². The van der Waals surface area contributed by atoms with Crippen LogP contribution in [0, 0.1) is 0 Å². The van der Waals surface area contributed by atoms with Crippen LogP contribution in [0.1, 0.15) is 35.2 Å². The van der Waals surface area contributed by atoms with Crippen molar-refractivity contribution >= 4 is 47.6 Å². The van der Waals surface area contributed by atoms with Crippen molar-refractivity contribution in [1.29, 1.82) is 0 Å². The van der Waals surface area contributed by atoms with Gasteiger partial charge in [-0.05, 0) is 24.6 Å². The summed E-state index contributed by atoms with van der Waals surface area (Å²) < 4.78 is 0. The molecule has 1 atom stereocenters. The van der Waals surface area contributed by atoms with Gasteiger partial charge in [0.15, 0.2) is 11.8 Å². The fourth-order valence-electron chi connectivity index (χ4n) is 2.60. The molecule has 2 rings (SSSR count). The lowest BCUT2D eigenvalue weighted by molar-refractivity contribution is -0.395. The average molecular weight is 431 g/mol. The molecule has 2 aromatic rings. The van der Waals surface area contributed by atoms with Crippen LogP contribution in [-0.4, -0.2) is 40.5 Å². The van der Waals surface area contributed by atoms with Crippen molar-refractivity contribution in [3.8, 4) is 0 Å². The maximum Gasteiger partial charge on any atom is 0.303 e. The Hall–Kier alpha value is -3.17. The maximum atomic E-state index is 13.0. The largest absolute Gasteiger partial charge is 0.481 e. The number of anilines is 2. The molecule has 0 fully saturated rings. The summed E-state index contributed by atoms with van der Waals surface area (Å²) >= 11 is 4.05. The van der Waals surface area contributed by atoms with Crippen molar-refractivity contribution in [1.82, 2.24) is 0 Å². The van der Waals surface area contributed by atoms with Gasteiger partial charge in [-0.3, -0.25) is 19.2 Å². The normalized spacial score (nSPS) is 11.4. The Balaban J connectivity index is 2.28. The number of thiol groups is 1. The second-order valence-electron chi connectivity index (χ2n) is 6.62. The fourth-order valence-corrected chi connectivity index (χ4v) is 2.77. The fraction of sp³-hybridized carbons (Fsp3) is 0.238. The van der Waals surface area contributed by atoms with E-state index in [-0.39, 0.29) is 48.0 Å². The number of benzene rings is 2. The van der Waals surface area contributed by atoms with E-state index in [4.69, 9.17) is 5.11 Å². The molecule has 0 spiro atoms. The zero-order valence-corrected chi connectivity index (χ0v) is 17.2. The van der Waals surface area contributed by atoms with Gasteiger partial charge in [0.1, 0.15) is 0 Å². The second-order valence-corrected chi connectivity index (χ2v) is 6.98. The minimum absolute atomic E-state index is 0.00881. The van der Waals surface area contributed by atoms with Crippen LogP contribution < -0.4 is 16.4 Å². The second kappa shape index (κ2) is 11.1. The molecule has 0 saturated heterocycles. The molecule has 0 aromatic heterocycles. The zero-order valence-electron chi connectivity index (χ0n) is 16.3. The highest BCUT2D eigenvalue weighted by Crippen LogP contribution is 2.24. The first-order valence-corrected chi connectivity index (χ1v) is 9.95. The highest BCUT2D eigenvalue weighted by atomic mass is 32.1. The summed E-state index contributed by atoms with van der Waals surface area (Å²) in [5.41, 5.74) is 5.00. The number of hydrogen-bond donors (Lipinski definition) is 5. The monoisotopic (exact) mass is 430 g/mol. The molecule has 9 heteroatoms. The summed E-state index contributed by atoms with van der Waals surface area (Å²) in [6.45, 7) is 0. The van der Waals surface area contributed by atoms with Gasteiger partial charge in [-0.1, -0.05) is 30.3 Å². The van der Waals surface area contributed by atoms with Crippen LogP contribution in [-0.2, 0) is 14.4 Å². The number of hydrogen-bond acceptors (Lipinski definition) is 5. The van der Waals surface area contributed by atoms with E-state index in [1.807, 2.05) is 0 Å². The van der Waals surface area contributed by atoms with Gasteiger partial charge in [-0.2, -0.15) is 12.6 Å². The molecule has 2 aromatic carbocycles. The van der Waals surface area contributed by atoms with Crippen molar-refractivity contribution in [2.45, 2.75) is 25.3 Å². The first kappa shape index (κ1) is 23.1. The topological polar surface area (TPSA) is 140 Å². The lowest BCUT2D eigenvalue weighted by Crippen LogP contribution is -2.67. The molecule has 2 amide bonds. The standard InChI is InChI=1S/C21H23N3O5S/c22-16(12-30)21(29)23-14-9-10-17(24-18(25)7-4-8-19(26)27)15(11-14)20(28)13-5-2-1-3-6-13/h1-3,5-6,9-11,16,30H,4,7-8,12,22H2,(H,23,29)(H,24,25)(H,26,27)/p+1/t16-/m0/s1. The third kappa shape index (κ3) is 6.71. The Bertz CT molecular complexity index is 933. The molecular formula is C21H24N3O5S+. The van der Waals surface area contributed by atoms with Crippen LogP contribution in [0.15, 0.2) is 48.5 Å². The van der Waals surface area contributed by atoms with E-state index < -0.39 is 17.9 Å². The molecule has 0 aliphatic rings. The van der Waals surface area contributed by atoms with Crippen molar-refractivity contribution in [2.75, 3.05) is 16.4 Å². The summed E-state index contributed by atoms with van der Waals surface area (Å²) in [5, 5.41) is 14.0. The molecule has 8 nitrogen and oxygen atoms in total. The van der Waals surface area contributed by atoms with E-state index in [1.54, 1.807) is 36.4 Å². The highest BCUT2D eigenvalue weighted by molar-refractivity contribution is 7.80. The minimum atomic E-state index is -0.979. The quantitative estimate of drug-likeness (QED) is 0.288. The number of carboxylic acids is 1. The maximum absolute atomic E-state index is 13.0. The zero-order chi connectivity index (χ0) is 22.1. The van der Waals surface area contributed by atoms with Crippen LogP contribution in [0.2, 0.25) is 0 Å². The molecule has 0 unspecified atom stereocenters. The Morgan fingerprint density at radius 2 is 1.70 bits per heavy atom. The van der Waals surface area contributed by atoms with Gasteiger partial charge in [0.2, 0.25) is 5.91 Å². The van der Waals surface area contributed by atoms with E-state index in [1.165, 1.54) is 12.1 Å². The molecule has 0 radical (unpaired) electrons. The van der Waals surface area contributed by atoms with Crippen LogP contribution in [0.25, 0.3) is 0 Å². The molecule has 0 heterocycles. The highest BCUT2D eigenvalue weighted by Gasteiger charge is 2.19. The average Bonchev–Trinajstić information content (AvgIpc) is 2.74. The van der Waals surface area contributed by atoms with E-state index in [9.17, 15) is 19.2 Å². The third-order valence-corrected chi connectivity index (χ3v) is 4.67. The number of carboxylic acid groups (broad SMARTS) is 1. The number of ketones is 1. The predicted octanol–water partition coefficient (Wildman–Crippen LogP) is 1.59. The van der Waals surface area contributed by atoms with Crippen LogP contribution in [0.3, 0.4) is 0 Å². The van der Waals surface area contributed by atoms with Gasteiger partial charge in [0.05, 0.1) is 11.4 Å². The first-order chi connectivity index (χ1) is 14.3. The van der Waals surface area contributed by atoms with Crippen LogP contribution in [0.5, 0.6) is 0 Å². The summed E-state index contributed by atoms with van der Waals surface area (Å²) in [5.74, 6) is -1.77. The Labute approximate surface area is 179 Å². The van der Waals surface area contributed by atoms with E-state index in [0.717, 1.165) is 0 Å². The summed E-state index contributed by atoms with van der Waals surface area (Å²) in [6.07, 6.45) is 0.0757. The summed E-state index contributed by atoms with van der Waals surface area (Å²) in [6, 6.07) is 12.6. The number of amides is 2. The third-order valence-electron chi connectivity index (χ3n) is 4.23. The van der Waals surface area contributed by atoms with Gasteiger partial charge in [0, 0.05) is 29.7 Å². The van der Waals surface area contributed by atoms with Gasteiger partial charge in [0.25, 0.3) is 5.91 Å². The molecule has 30 heavy (non-hydrogen) atoms.